The highest BCUT2D eigenvalue weighted by Crippen LogP contribution is 2.03. The number of amides is 3. The lowest BCUT2D eigenvalue weighted by molar-refractivity contribution is -0.140. The molecule has 0 aromatic carbocycles. The summed E-state index contributed by atoms with van der Waals surface area (Å²) in [6.45, 7) is 0.968. The van der Waals surface area contributed by atoms with E-state index < -0.39 is 30.4 Å². The molecule has 0 saturated carbocycles. The van der Waals surface area contributed by atoms with Crippen LogP contribution in [0.2, 0.25) is 0 Å². The number of urea groups is 1. The maximum atomic E-state index is 11.4. The minimum atomic E-state index is -1.31. The molecule has 1 fully saturated rings. The summed E-state index contributed by atoms with van der Waals surface area (Å²) in [4.78, 5) is 32.7. The maximum absolute atomic E-state index is 11.4. The molecular formula is C9H15N3O5. The van der Waals surface area contributed by atoms with E-state index in [1.165, 1.54) is 0 Å². The Hall–Kier alpha value is -1.83. The molecule has 1 saturated heterocycles. The van der Waals surface area contributed by atoms with Crippen molar-refractivity contribution < 1.29 is 24.2 Å². The second-order valence-corrected chi connectivity index (χ2v) is 3.74. The molecule has 0 bridgehead atoms. The van der Waals surface area contributed by atoms with Crippen LogP contribution in [0.1, 0.15) is 12.8 Å². The Bertz CT molecular complexity index is 314. The van der Waals surface area contributed by atoms with Crippen LogP contribution in [0.4, 0.5) is 4.79 Å². The van der Waals surface area contributed by atoms with Crippen LogP contribution >= 0.6 is 0 Å². The van der Waals surface area contributed by atoms with Crippen molar-refractivity contribution in [1.29, 1.82) is 0 Å². The molecule has 3 amide bonds. The van der Waals surface area contributed by atoms with Crippen LogP contribution < -0.4 is 16.4 Å². The molecule has 1 rings (SSSR count). The molecule has 8 nitrogen and oxygen atoms in total. The van der Waals surface area contributed by atoms with Gasteiger partial charge in [-0.05, 0) is 6.42 Å². The van der Waals surface area contributed by atoms with Crippen molar-refractivity contribution in [3.63, 3.8) is 0 Å². The Labute approximate surface area is 97.5 Å². The van der Waals surface area contributed by atoms with Crippen LogP contribution in [-0.2, 0) is 14.3 Å². The fourth-order valence-corrected chi connectivity index (χ4v) is 1.43. The molecule has 0 aliphatic carbocycles. The van der Waals surface area contributed by atoms with Gasteiger partial charge in [-0.2, -0.15) is 0 Å². The number of carboxylic acids is 1. The zero-order chi connectivity index (χ0) is 12.8. The summed E-state index contributed by atoms with van der Waals surface area (Å²) in [5.41, 5.74) is 4.88. The first kappa shape index (κ1) is 13.2. The highest BCUT2D eigenvalue weighted by molar-refractivity contribution is 5.87. The lowest BCUT2D eigenvalue weighted by Gasteiger charge is -2.16. The van der Waals surface area contributed by atoms with Gasteiger partial charge in [0.05, 0.1) is 19.1 Å². The molecule has 5 N–H and O–H groups in total. The molecule has 0 aromatic rings. The van der Waals surface area contributed by atoms with Crippen LogP contribution in [0, 0.1) is 0 Å². The molecule has 96 valence electrons. The number of nitrogens with two attached hydrogens (primary N) is 1. The van der Waals surface area contributed by atoms with Crippen molar-refractivity contribution in [2.45, 2.75) is 24.9 Å². The van der Waals surface area contributed by atoms with Crippen molar-refractivity contribution in [1.82, 2.24) is 10.6 Å². The van der Waals surface area contributed by atoms with Crippen LogP contribution in [0.15, 0.2) is 0 Å². The van der Waals surface area contributed by atoms with Crippen molar-refractivity contribution in [3.8, 4) is 0 Å². The number of ether oxygens (including phenoxy) is 1. The molecule has 17 heavy (non-hydrogen) atoms. The summed E-state index contributed by atoms with van der Waals surface area (Å²) in [6, 6.07) is -2.08. The van der Waals surface area contributed by atoms with Gasteiger partial charge in [0.1, 0.15) is 6.04 Å². The first-order valence-electron chi connectivity index (χ1n) is 5.15. The van der Waals surface area contributed by atoms with Crippen molar-refractivity contribution in [2.24, 2.45) is 5.73 Å². The number of rotatable bonds is 5. The molecule has 8 heteroatoms. The summed E-state index contributed by atoms with van der Waals surface area (Å²) in [5, 5.41) is 13.5. The Morgan fingerprint density at radius 3 is 2.65 bits per heavy atom. The summed E-state index contributed by atoms with van der Waals surface area (Å²) in [5.74, 6) is -2.09. The predicted molar refractivity (Wildman–Crippen MR) is 56.1 cm³/mol. The van der Waals surface area contributed by atoms with Crippen LogP contribution in [0.3, 0.4) is 0 Å². The average Bonchev–Trinajstić information content (AvgIpc) is 2.68. The first-order chi connectivity index (χ1) is 7.99. The Morgan fingerprint density at radius 2 is 2.18 bits per heavy atom. The third-order valence-corrected chi connectivity index (χ3v) is 2.27. The van der Waals surface area contributed by atoms with Crippen molar-refractivity contribution in [3.05, 3.63) is 0 Å². The molecular weight excluding hydrogens is 230 g/mol. The maximum Gasteiger partial charge on any atom is 0.326 e. The normalized spacial score (nSPS) is 20.6. The Kier molecular flexibility index (Phi) is 4.70. The lowest BCUT2D eigenvalue weighted by atomic mass is 10.2. The van der Waals surface area contributed by atoms with E-state index in [0.29, 0.717) is 19.6 Å². The van der Waals surface area contributed by atoms with Gasteiger partial charge in [-0.1, -0.05) is 0 Å². The molecule has 1 heterocycles. The van der Waals surface area contributed by atoms with E-state index >= 15 is 0 Å². The number of hydrogen-bond acceptors (Lipinski definition) is 4. The van der Waals surface area contributed by atoms with E-state index in [0.717, 1.165) is 0 Å². The van der Waals surface area contributed by atoms with E-state index in [4.69, 9.17) is 15.6 Å². The van der Waals surface area contributed by atoms with Crippen LogP contribution in [-0.4, -0.2) is 48.3 Å². The van der Waals surface area contributed by atoms with Gasteiger partial charge in [-0.3, -0.25) is 4.79 Å². The van der Waals surface area contributed by atoms with Gasteiger partial charge in [0.2, 0.25) is 5.91 Å². The Morgan fingerprint density at radius 1 is 1.47 bits per heavy atom. The van der Waals surface area contributed by atoms with Gasteiger partial charge in [-0.25, -0.2) is 9.59 Å². The third-order valence-electron chi connectivity index (χ3n) is 2.27. The first-order valence-corrected chi connectivity index (χ1v) is 5.15. The number of nitrogens with one attached hydrogen (secondary N) is 2. The fraction of sp³-hybridized carbons (Fsp3) is 0.667. The van der Waals surface area contributed by atoms with Crippen molar-refractivity contribution >= 4 is 17.9 Å². The van der Waals surface area contributed by atoms with Crippen LogP contribution in [0.5, 0.6) is 0 Å². The summed E-state index contributed by atoms with van der Waals surface area (Å²) in [7, 11) is 0. The van der Waals surface area contributed by atoms with Gasteiger partial charge >= 0.3 is 12.0 Å². The number of carbonyl (C=O) groups excluding carboxylic acids is 2. The van der Waals surface area contributed by atoms with Gasteiger partial charge in [-0.15, -0.1) is 0 Å². The molecule has 1 aliphatic heterocycles. The van der Waals surface area contributed by atoms with Gasteiger partial charge in [0.15, 0.2) is 0 Å². The summed E-state index contributed by atoms with van der Waals surface area (Å²) < 4.78 is 5.04. The highest BCUT2D eigenvalue weighted by atomic mass is 16.5. The van der Waals surface area contributed by atoms with Crippen molar-refractivity contribution in [2.75, 3.05) is 13.2 Å². The number of aliphatic carboxylic acids is 1. The van der Waals surface area contributed by atoms with E-state index in [1.54, 1.807) is 0 Å². The zero-order valence-electron chi connectivity index (χ0n) is 9.14. The monoisotopic (exact) mass is 245 g/mol. The quantitative estimate of drug-likeness (QED) is 0.463. The molecule has 0 aromatic heterocycles. The average molecular weight is 245 g/mol. The largest absolute Gasteiger partial charge is 0.480 e. The molecule has 1 unspecified atom stereocenters. The second-order valence-electron chi connectivity index (χ2n) is 3.74. The highest BCUT2D eigenvalue weighted by Gasteiger charge is 2.24. The van der Waals surface area contributed by atoms with E-state index in [2.05, 4.69) is 10.6 Å². The predicted octanol–water partition coefficient (Wildman–Crippen LogP) is -1.60. The Balaban J connectivity index is 2.40. The van der Waals surface area contributed by atoms with Gasteiger partial charge in [0, 0.05) is 6.61 Å². The topological polar surface area (TPSA) is 131 Å². The number of carboxylic acid groups (broad SMARTS) is 1. The molecule has 1 aliphatic rings. The standard InChI is InChI=1S/C9H15N3O5/c10-7(13)3-6(8(14)15)12-9(16)11-5-1-2-17-4-5/h5-6H,1-4H2,(H2,10,13)(H,14,15)(H2,11,12,16)/t5?,6-/m1/s1. The zero-order valence-corrected chi connectivity index (χ0v) is 9.14. The van der Waals surface area contributed by atoms with Gasteiger partial charge in [0.25, 0.3) is 0 Å². The smallest absolute Gasteiger partial charge is 0.326 e. The minimum absolute atomic E-state index is 0.127. The number of carbonyl (C=O) groups is 3. The molecule has 2 atom stereocenters. The third kappa shape index (κ3) is 4.68. The van der Waals surface area contributed by atoms with E-state index in [-0.39, 0.29) is 6.04 Å². The van der Waals surface area contributed by atoms with E-state index in [9.17, 15) is 14.4 Å². The minimum Gasteiger partial charge on any atom is -0.480 e. The van der Waals surface area contributed by atoms with Gasteiger partial charge < -0.3 is 26.2 Å². The lowest BCUT2D eigenvalue weighted by Crippen LogP contribution is -2.50. The molecule has 0 radical (unpaired) electrons. The summed E-state index contributed by atoms with van der Waals surface area (Å²) in [6.07, 6.45) is 0.241. The second kappa shape index (κ2) is 6.04. The fourth-order valence-electron chi connectivity index (χ4n) is 1.43. The van der Waals surface area contributed by atoms with E-state index in [1.807, 2.05) is 0 Å². The van der Waals surface area contributed by atoms with Crippen LogP contribution in [0.25, 0.3) is 0 Å². The molecule has 0 spiro atoms. The number of hydrogen-bond donors (Lipinski definition) is 4. The SMILES string of the molecule is NC(=O)C[C@@H](NC(=O)NC1CCOC1)C(=O)O. The summed E-state index contributed by atoms with van der Waals surface area (Å²) >= 11 is 0. The number of primary amides is 1.